The first-order chi connectivity index (χ1) is 8.03. The van der Waals surface area contributed by atoms with Crippen LogP contribution in [0.3, 0.4) is 0 Å². The molecule has 1 atom stereocenters. The number of nitrogens with one attached hydrogen (secondary N) is 1. The molecular weight excluding hydrogens is 224 g/mol. The average Bonchev–Trinajstić information content (AvgIpc) is 2.35. The fourth-order valence-corrected chi connectivity index (χ4v) is 1.73. The van der Waals surface area contributed by atoms with E-state index in [4.69, 9.17) is 10.5 Å². The molecule has 1 fully saturated rings. The summed E-state index contributed by atoms with van der Waals surface area (Å²) in [6.45, 7) is 2.74. The van der Waals surface area contributed by atoms with E-state index in [-0.39, 0.29) is 5.91 Å². The summed E-state index contributed by atoms with van der Waals surface area (Å²) in [6, 6.07) is -0.629. The summed E-state index contributed by atoms with van der Waals surface area (Å²) in [4.78, 5) is 23.4. The van der Waals surface area contributed by atoms with E-state index >= 15 is 0 Å². The zero-order valence-corrected chi connectivity index (χ0v) is 10.3. The molecule has 1 rings (SSSR count). The summed E-state index contributed by atoms with van der Waals surface area (Å²) in [5.41, 5.74) is 5.07. The third-order valence-electron chi connectivity index (χ3n) is 3.04. The first-order valence-electron chi connectivity index (χ1n) is 5.79. The molecule has 0 aromatic rings. The van der Waals surface area contributed by atoms with Crippen molar-refractivity contribution in [3.05, 3.63) is 0 Å². The normalized spacial score (nSPS) is 20.4. The fourth-order valence-electron chi connectivity index (χ4n) is 1.73. The van der Waals surface area contributed by atoms with Gasteiger partial charge in [0.05, 0.1) is 12.6 Å². The predicted octanol–water partition coefficient (Wildman–Crippen LogP) is -0.438. The average molecular weight is 244 g/mol. The predicted molar refractivity (Wildman–Crippen MR) is 61.2 cm³/mol. The molecule has 6 nitrogen and oxygen atoms in total. The lowest BCUT2D eigenvalue weighted by Gasteiger charge is -2.32. The molecule has 1 unspecified atom stereocenters. The molecule has 3 N–H and O–H groups in total. The maximum Gasteiger partial charge on any atom is 0.328 e. The zero-order chi connectivity index (χ0) is 12.9. The Morgan fingerprint density at radius 3 is 2.53 bits per heavy atom. The van der Waals surface area contributed by atoms with Gasteiger partial charge in [-0.2, -0.15) is 0 Å². The van der Waals surface area contributed by atoms with Crippen LogP contribution in [-0.2, 0) is 19.1 Å². The highest BCUT2D eigenvalue weighted by molar-refractivity contribution is 5.90. The van der Waals surface area contributed by atoms with Gasteiger partial charge in [-0.15, -0.1) is 0 Å². The Hall–Kier alpha value is -1.14. The van der Waals surface area contributed by atoms with Gasteiger partial charge in [0, 0.05) is 13.2 Å². The van der Waals surface area contributed by atoms with E-state index in [9.17, 15) is 9.59 Å². The van der Waals surface area contributed by atoms with E-state index in [0.717, 1.165) is 0 Å². The Morgan fingerprint density at radius 1 is 1.47 bits per heavy atom. The van der Waals surface area contributed by atoms with Crippen molar-refractivity contribution in [2.45, 2.75) is 37.8 Å². The van der Waals surface area contributed by atoms with Crippen LogP contribution in [0.5, 0.6) is 0 Å². The van der Waals surface area contributed by atoms with Crippen molar-refractivity contribution in [1.29, 1.82) is 0 Å². The Labute approximate surface area is 101 Å². The van der Waals surface area contributed by atoms with E-state index in [1.54, 1.807) is 6.92 Å². The van der Waals surface area contributed by atoms with Gasteiger partial charge in [0.2, 0.25) is 5.91 Å². The maximum absolute atomic E-state index is 12.0. The van der Waals surface area contributed by atoms with Gasteiger partial charge in [0.1, 0.15) is 6.04 Å². The highest BCUT2D eigenvalue weighted by Crippen LogP contribution is 2.18. The Balaban J connectivity index is 2.60. The molecule has 0 aliphatic carbocycles. The molecule has 0 spiro atoms. The van der Waals surface area contributed by atoms with Crippen LogP contribution in [0.2, 0.25) is 0 Å². The Morgan fingerprint density at radius 2 is 2.06 bits per heavy atom. The maximum atomic E-state index is 12.0. The van der Waals surface area contributed by atoms with Gasteiger partial charge >= 0.3 is 5.97 Å². The summed E-state index contributed by atoms with van der Waals surface area (Å²) in [5, 5.41) is 2.63. The van der Waals surface area contributed by atoms with Crippen LogP contribution in [0, 0.1) is 0 Å². The fraction of sp³-hybridized carbons (Fsp3) is 0.818. The molecule has 6 heteroatoms. The quantitative estimate of drug-likeness (QED) is 0.654. The number of hydrogen-bond acceptors (Lipinski definition) is 5. The Kier molecular flexibility index (Phi) is 4.89. The highest BCUT2D eigenvalue weighted by atomic mass is 16.5. The van der Waals surface area contributed by atoms with E-state index in [2.05, 4.69) is 10.1 Å². The molecule has 1 heterocycles. The lowest BCUT2D eigenvalue weighted by atomic mass is 9.90. The number of esters is 1. The SMILES string of the molecule is CCC(NC(=O)C1(N)CCOCC1)C(=O)OC. The van der Waals surface area contributed by atoms with Crippen LogP contribution in [0.4, 0.5) is 0 Å². The van der Waals surface area contributed by atoms with Gasteiger partial charge < -0.3 is 20.5 Å². The van der Waals surface area contributed by atoms with Crippen LogP contribution in [-0.4, -0.2) is 43.8 Å². The van der Waals surface area contributed by atoms with Crippen molar-refractivity contribution in [3.63, 3.8) is 0 Å². The molecule has 1 aliphatic heterocycles. The van der Waals surface area contributed by atoms with Crippen molar-refractivity contribution in [1.82, 2.24) is 5.32 Å². The second-order valence-corrected chi connectivity index (χ2v) is 4.23. The first-order valence-corrected chi connectivity index (χ1v) is 5.79. The zero-order valence-electron chi connectivity index (χ0n) is 10.3. The number of rotatable bonds is 4. The van der Waals surface area contributed by atoms with Gasteiger partial charge in [-0.3, -0.25) is 4.79 Å². The first kappa shape index (κ1) is 13.9. The summed E-state index contributed by atoms with van der Waals surface area (Å²) in [5.74, 6) is -0.755. The molecular formula is C11H20N2O4. The van der Waals surface area contributed by atoms with Crippen LogP contribution < -0.4 is 11.1 Å². The molecule has 0 bridgehead atoms. The standard InChI is InChI=1S/C11H20N2O4/c1-3-8(9(14)16-2)13-10(15)11(12)4-6-17-7-5-11/h8H,3-7,12H2,1-2H3,(H,13,15). The minimum absolute atomic E-state index is 0.307. The minimum atomic E-state index is -0.931. The number of carbonyl (C=O) groups is 2. The number of nitrogens with two attached hydrogens (primary N) is 1. The highest BCUT2D eigenvalue weighted by Gasteiger charge is 2.37. The number of ether oxygens (including phenoxy) is 2. The molecule has 1 amide bonds. The van der Waals surface area contributed by atoms with E-state index < -0.39 is 17.6 Å². The van der Waals surface area contributed by atoms with Crippen molar-refractivity contribution in [3.8, 4) is 0 Å². The molecule has 0 aromatic heterocycles. The molecule has 0 saturated carbocycles. The number of carbonyl (C=O) groups excluding carboxylic acids is 2. The van der Waals surface area contributed by atoms with Crippen LogP contribution >= 0.6 is 0 Å². The number of hydrogen-bond donors (Lipinski definition) is 2. The topological polar surface area (TPSA) is 90.7 Å². The summed E-state index contributed by atoms with van der Waals surface area (Å²) < 4.78 is 9.77. The van der Waals surface area contributed by atoms with Gasteiger partial charge in [-0.05, 0) is 19.3 Å². The molecule has 1 saturated heterocycles. The van der Waals surface area contributed by atoms with Gasteiger partial charge in [-0.25, -0.2) is 4.79 Å². The molecule has 1 aliphatic rings. The lowest BCUT2D eigenvalue weighted by molar-refractivity contribution is -0.146. The second-order valence-electron chi connectivity index (χ2n) is 4.23. The van der Waals surface area contributed by atoms with E-state index in [0.29, 0.717) is 32.5 Å². The number of methoxy groups -OCH3 is 1. The van der Waals surface area contributed by atoms with Crippen LogP contribution in [0.1, 0.15) is 26.2 Å². The smallest absolute Gasteiger partial charge is 0.328 e. The molecule has 17 heavy (non-hydrogen) atoms. The lowest BCUT2D eigenvalue weighted by Crippen LogP contribution is -2.59. The largest absolute Gasteiger partial charge is 0.467 e. The van der Waals surface area contributed by atoms with Crippen molar-refractivity contribution in [2.24, 2.45) is 5.73 Å². The molecule has 0 radical (unpaired) electrons. The third kappa shape index (κ3) is 3.41. The third-order valence-corrected chi connectivity index (χ3v) is 3.04. The van der Waals surface area contributed by atoms with Gasteiger partial charge in [0.15, 0.2) is 0 Å². The van der Waals surface area contributed by atoms with Crippen LogP contribution in [0.15, 0.2) is 0 Å². The minimum Gasteiger partial charge on any atom is -0.467 e. The van der Waals surface area contributed by atoms with Crippen molar-refractivity contribution < 1.29 is 19.1 Å². The summed E-state index contributed by atoms with van der Waals surface area (Å²) >= 11 is 0. The van der Waals surface area contributed by atoms with E-state index in [1.807, 2.05) is 0 Å². The summed E-state index contributed by atoms with van der Waals surface area (Å²) in [7, 11) is 1.30. The van der Waals surface area contributed by atoms with Crippen LogP contribution in [0.25, 0.3) is 0 Å². The number of amides is 1. The second kappa shape index (κ2) is 5.97. The summed E-state index contributed by atoms with van der Waals surface area (Å²) in [6.07, 6.45) is 1.41. The van der Waals surface area contributed by atoms with Gasteiger partial charge in [-0.1, -0.05) is 6.92 Å². The molecule has 98 valence electrons. The monoisotopic (exact) mass is 244 g/mol. The van der Waals surface area contributed by atoms with E-state index in [1.165, 1.54) is 7.11 Å². The van der Waals surface area contributed by atoms with Gasteiger partial charge in [0.25, 0.3) is 0 Å². The van der Waals surface area contributed by atoms with Crippen molar-refractivity contribution in [2.75, 3.05) is 20.3 Å². The van der Waals surface area contributed by atoms with Crippen molar-refractivity contribution >= 4 is 11.9 Å². The Bertz CT molecular complexity index is 287. The molecule has 0 aromatic carbocycles.